The van der Waals surface area contributed by atoms with Crippen molar-refractivity contribution in [1.29, 1.82) is 0 Å². The second kappa shape index (κ2) is 43.5. The molecule has 0 aliphatic heterocycles. The van der Waals surface area contributed by atoms with Crippen molar-refractivity contribution in [3.05, 3.63) is 39.5 Å². The van der Waals surface area contributed by atoms with Gasteiger partial charge in [0.25, 0.3) is 6.48 Å². The molecule has 0 spiro atoms. The number of methoxy groups -OCH3 is 3. The van der Waals surface area contributed by atoms with E-state index < -0.39 is 6.48 Å². The van der Waals surface area contributed by atoms with Crippen molar-refractivity contribution in [2.24, 2.45) is 0 Å². The van der Waals surface area contributed by atoms with Crippen molar-refractivity contribution in [3.63, 3.8) is 0 Å². The maximum absolute atomic E-state index is 4.60. The third kappa shape index (κ3) is 35.3. The number of rotatable bonds is 3. The van der Waals surface area contributed by atoms with Crippen LogP contribution in [-0.2, 0) is 14.2 Å². The molecule has 0 heterocycles. The monoisotopic (exact) mass is 190 g/mol. The first-order chi connectivity index (χ1) is 6.35. The smallest absolute Gasteiger partial charge is 0.270 e. The summed E-state index contributed by atoms with van der Waals surface area (Å²) < 4.78 is 13.8. The molecule has 0 atom stereocenters. The Morgan fingerprint density at radius 1 is 0.615 bits per heavy atom. The fourth-order valence-electron chi connectivity index (χ4n) is 0.289. The van der Waals surface area contributed by atoms with Gasteiger partial charge >= 0.3 is 0 Å². The van der Waals surface area contributed by atoms with Crippen LogP contribution < -0.4 is 0 Å². The largest absolute Gasteiger partial charge is 0.333 e. The lowest BCUT2D eigenvalue weighted by Gasteiger charge is -2.08. The first-order valence-corrected chi connectivity index (χ1v) is 3.43. The summed E-state index contributed by atoms with van der Waals surface area (Å²) in [6.07, 6.45) is 0. The van der Waals surface area contributed by atoms with Crippen LogP contribution in [0.2, 0.25) is 0 Å². The van der Waals surface area contributed by atoms with Gasteiger partial charge in [-0.25, -0.2) is 0 Å². The Bertz CT molecular complexity index is 52.9. The Morgan fingerprint density at radius 2 is 0.769 bits per heavy atom. The van der Waals surface area contributed by atoms with Gasteiger partial charge in [0.1, 0.15) is 0 Å². The minimum absolute atomic E-state index is 0.514. The Hall–Kier alpha value is -0.900. The van der Waals surface area contributed by atoms with E-state index in [4.69, 9.17) is 0 Å². The van der Waals surface area contributed by atoms with Crippen molar-refractivity contribution in [3.8, 4) is 0 Å². The van der Waals surface area contributed by atoms with Gasteiger partial charge in [-0.3, -0.25) is 0 Å². The zero-order chi connectivity index (χ0) is 11.7. The predicted molar refractivity (Wildman–Crippen MR) is 58.6 cm³/mol. The quantitative estimate of drug-likeness (QED) is 0.506. The van der Waals surface area contributed by atoms with Crippen LogP contribution in [0.1, 0.15) is 0 Å². The predicted octanol–water partition coefficient (Wildman–Crippen LogP) is 2.62. The summed E-state index contributed by atoms with van der Waals surface area (Å²) in [6, 6.07) is 0. The van der Waals surface area contributed by atoms with Gasteiger partial charge in [-0.05, 0) is 0 Å². The summed E-state index contributed by atoms with van der Waals surface area (Å²) >= 11 is 0. The Balaban J connectivity index is -0.0000000573. The minimum atomic E-state index is -0.514. The first kappa shape index (κ1) is 22.7. The molecule has 0 aliphatic carbocycles. The molecule has 13 heavy (non-hydrogen) atoms. The second-order valence-corrected chi connectivity index (χ2v) is 0.996. The highest BCUT2D eigenvalue weighted by molar-refractivity contribution is 4.22. The van der Waals surface area contributed by atoms with E-state index in [0.29, 0.717) is 0 Å². The molecular formula is C10H22O3. The molecule has 0 amide bonds. The highest BCUT2D eigenvalue weighted by Gasteiger charge is 1.96. The maximum Gasteiger partial charge on any atom is 0.270 e. The van der Waals surface area contributed by atoms with E-state index in [1.165, 1.54) is 21.3 Å². The van der Waals surface area contributed by atoms with Crippen molar-refractivity contribution >= 4 is 0 Å². The van der Waals surface area contributed by atoms with Gasteiger partial charge < -0.3 is 14.2 Å². The van der Waals surface area contributed by atoms with Gasteiger partial charge in [0.15, 0.2) is 0 Å². The molecule has 0 rings (SSSR count). The molecule has 0 unspecified atom stereocenters. The van der Waals surface area contributed by atoms with E-state index in [-0.39, 0.29) is 0 Å². The summed E-state index contributed by atoms with van der Waals surface area (Å²) in [4.78, 5) is 0. The molecule has 0 aromatic rings. The lowest BCUT2D eigenvalue weighted by molar-refractivity contribution is -0.252. The van der Waals surface area contributed by atoms with Gasteiger partial charge in [-0.2, -0.15) is 0 Å². The third-order valence-electron chi connectivity index (χ3n) is 0.577. The molecule has 3 heteroatoms. The van der Waals surface area contributed by atoms with Crippen LogP contribution in [0.25, 0.3) is 0 Å². The van der Waals surface area contributed by atoms with Gasteiger partial charge in [-0.15, -0.1) is 39.5 Å². The molecule has 0 fully saturated rings. The van der Waals surface area contributed by atoms with Crippen molar-refractivity contribution < 1.29 is 14.2 Å². The molecule has 3 nitrogen and oxygen atoms in total. The van der Waals surface area contributed by atoms with Crippen molar-refractivity contribution in [2.45, 2.75) is 6.48 Å². The fourth-order valence-corrected chi connectivity index (χ4v) is 0.289. The van der Waals surface area contributed by atoms with Crippen molar-refractivity contribution in [1.82, 2.24) is 0 Å². The van der Waals surface area contributed by atoms with Crippen LogP contribution in [0.4, 0.5) is 0 Å². The normalized spacial score (nSPS) is 6.46. The first-order valence-electron chi connectivity index (χ1n) is 3.43. The molecule has 0 aromatic carbocycles. The number of ether oxygens (including phenoxy) is 3. The fraction of sp³-hybridized carbons (Fsp3) is 0.400. The van der Waals surface area contributed by atoms with Crippen molar-refractivity contribution in [2.75, 3.05) is 21.3 Å². The average Bonchev–Trinajstić information content (AvgIpc) is 2.29. The van der Waals surface area contributed by atoms with Crippen LogP contribution >= 0.6 is 0 Å². The lowest BCUT2D eigenvalue weighted by Crippen LogP contribution is -2.14. The number of hydrogen-bond donors (Lipinski definition) is 0. The zero-order valence-corrected chi connectivity index (χ0v) is 9.04. The summed E-state index contributed by atoms with van der Waals surface area (Å²) in [5.74, 6) is 0. The molecule has 0 saturated carbocycles. The lowest BCUT2D eigenvalue weighted by atomic mass is 11.2. The van der Waals surface area contributed by atoms with E-state index in [1.54, 1.807) is 0 Å². The van der Waals surface area contributed by atoms with Gasteiger partial charge in [-0.1, -0.05) is 0 Å². The average molecular weight is 190 g/mol. The summed E-state index contributed by atoms with van der Waals surface area (Å²) in [5, 5.41) is 0. The van der Waals surface area contributed by atoms with Gasteiger partial charge in [0.05, 0.1) is 0 Å². The molecule has 0 bridgehead atoms. The van der Waals surface area contributed by atoms with Gasteiger partial charge in [0, 0.05) is 21.3 Å². The van der Waals surface area contributed by atoms with Crippen LogP contribution in [0.15, 0.2) is 39.5 Å². The Morgan fingerprint density at radius 3 is 0.769 bits per heavy atom. The van der Waals surface area contributed by atoms with Crippen LogP contribution in [-0.4, -0.2) is 27.8 Å². The molecular weight excluding hydrogens is 168 g/mol. The van der Waals surface area contributed by atoms with Crippen LogP contribution in [0, 0.1) is 0 Å². The van der Waals surface area contributed by atoms with Crippen LogP contribution in [0.5, 0.6) is 0 Å². The van der Waals surface area contributed by atoms with E-state index in [1.807, 2.05) is 0 Å². The summed E-state index contributed by atoms with van der Waals surface area (Å²) in [6.45, 7) is 17.5. The Kier molecular flexibility index (Phi) is 76.1. The number of hydrogen-bond acceptors (Lipinski definition) is 3. The molecule has 0 N–H and O–H groups in total. The summed E-state index contributed by atoms with van der Waals surface area (Å²) in [5.41, 5.74) is 0. The third-order valence-corrected chi connectivity index (χ3v) is 0.577. The van der Waals surface area contributed by atoms with E-state index in [2.05, 4.69) is 53.7 Å². The molecule has 0 saturated heterocycles. The SMILES string of the molecule is C=C.C=C.C=C.COC(OC)OC. The standard InChI is InChI=1S/C4H10O3.3C2H4/c1-5-4(6-2)7-3;3*1-2/h4H,1-3H3;3*1-2H2. The highest BCUT2D eigenvalue weighted by Crippen LogP contribution is 1.87. The zero-order valence-electron chi connectivity index (χ0n) is 9.04. The van der Waals surface area contributed by atoms with Crippen LogP contribution in [0.3, 0.4) is 0 Å². The maximum atomic E-state index is 4.60. The van der Waals surface area contributed by atoms with Gasteiger partial charge in [0.2, 0.25) is 0 Å². The second-order valence-electron chi connectivity index (χ2n) is 0.996. The molecule has 0 aromatic heterocycles. The topological polar surface area (TPSA) is 27.7 Å². The Labute approximate surface area is 82.3 Å². The molecule has 0 aliphatic rings. The molecule has 0 radical (unpaired) electrons. The highest BCUT2D eigenvalue weighted by atomic mass is 16.8. The minimum Gasteiger partial charge on any atom is -0.333 e. The van der Waals surface area contributed by atoms with E-state index >= 15 is 0 Å². The van der Waals surface area contributed by atoms with E-state index in [0.717, 1.165) is 0 Å². The summed E-state index contributed by atoms with van der Waals surface area (Å²) in [7, 11) is 4.53. The molecule has 80 valence electrons. The van der Waals surface area contributed by atoms with E-state index in [9.17, 15) is 0 Å².